The second kappa shape index (κ2) is 8.77. The van der Waals surface area contributed by atoms with Crippen molar-refractivity contribution < 1.29 is 19.9 Å². The number of hydrogen-bond donors (Lipinski definition) is 5. The second-order valence-corrected chi connectivity index (χ2v) is 4.53. The van der Waals surface area contributed by atoms with Gasteiger partial charge in [0.25, 0.3) is 0 Å². The molecule has 6 N–H and O–H groups in total. The van der Waals surface area contributed by atoms with Crippen LogP contribution in [0.3, 0.4) is 0 Å². The van der Waals surface area contributed by atoms with Crippen LogP contribution in [0.5, 0.6) is 11.5 Å². The van der Waals surface area contributed by atoms with E-state index in [9.17, 15) is 4.79 Å². The Labute approximate surface area is 142 Å². The predicted molar refractivity (Wildman–Crippen MR) is 91.6 cm³/mol. The molecular formula is C16H18N4O5. The largest absolute Gasteiger partial charge is 0.508 e. The van der Waals surface area contributed by atoms with E-state index in [-0.39, 0.29) is 24.8 Å². The van der Waals surface area contributed by atoms with Crippen LogP contribution < -0.4 is 11.5 Å². The number of benzene rings is 2. The van der Waals surface area contributed by atoms with E-state index in [1.165, 1.54) is 24.3 Å². The smallest absolute Gasteiger partial charge is 0.439 e. The SMILES string of the molecule is C.N/C(=N\O)c1cccc(O)c1.O=c1[nH]c(-c2cccc(O)c2)no1. The lowest BCUT2D eigenvalue weighted by molar-refractivity contribution is 0.318. The third kappa shape index (κ3) is 5.43. The lowest BCUT2D eigenvalue weighted by Gasteiger charge is -1.97. The normalized spacial score (nSPS) is 10.3. The first-order valence-electron chi connectivity index (χ1n) is 6.62. The van der Waals surface area contributed by atoms with Crippen molar-refractivity contribution in [3.63, 3.8) is 0 Å². The number of nitrogens with two attached hydrogens (primary N) is 1. The highest BCUT2D eigenvalue weighted by Crippen LogP contribution is 2.18. The fraction of sp³-hybridized carbons (Fsp3) is 0.0625. The molecule has 1 aromatic heterocycles. The second-order valence-electron chi connectivity index (χ2n) is 4.53. The Bertz CT molecular complexity index is 901. The predicted octanol–water partition coefficient (Wildman–Crippen LogP) is 1.86. The molecule has 3 aromatic rings. The number of oxime groups is 1. The molecule has 0 saturated heterocycles. The van der Waals surface area contributed by atoms with Gasteiger partial charge in [0.1, 0.15) is 11.5 Å². The summed E-state index contributed by atoms with van der Waals surface area (Å²) in [6, 6.07) is 12.5. The number of rotatable bonds is 2. The fourth-order valence-electron chi connectivity index (χ4n) is 1.73. The minimum Gasteiger partial charge on any atom is -0.508 e. The summed E-state index contributed by atoms with van der Waals surface area (Å²) in [6.45, 7) is 0. The van der Waals surface area contributed by atoms with Crippen LogP contribution in [0.25, 0.3) is 11.4 Å². The third-order valence-electron chi connectivity index (χ3n) is 2.81. The number of nitrogens with zero attached hydrogens (tertiary/aromatic N) is 2. The maximum absolute atomic E-state index is 10.6. The summed E-state index contributed by atoms with van der Waals surface area (Å²) in [7, 11) is 0. The molecule has 0 aliphatic heterocycles. The summed E-state index contributed by atoms with van der Waals surface area (Å²) in [5.41, 5.74) is 6.35. The van der Waals surface area contributed by atoms with E-state index >= 15 is 0 Å². The van der Waals surface area contributed by atoms with Gasteiger partial charge in [-0.2, -0.15) is 0 Å². The number of phenolic OH excluding ortho intramolecular Hbond substituents is 2. The molecule has 0 saturated carbocycles. The molecule has 0 bridgehead atoms. The monoisotopic (exact) mass is 346 g/mol. The number of aromatic amines is 1. The van der Waals surface area contributed by atoms with Crippen molar-refractivity contribution in [1.29, 1.82) is 0 Å². The van der Waals surface area contributed by atoms with Crippen molar-refractivity contribution in [3.05, 3.63) is 64.6 Å². The zero-order valence-electron chi connectivity index (χ0n) is 12.2. The fourth-order valence-corrected chi connectivity index (χ4v) is 1.73. The highest BCUT2D eigenvalue weighted by molar-refractivity contribution is 5.97. The van der Waals surface area contributed by atoms with Gasteiger partial charge in [0.15, 0.2) is 11.7 Å². The molecule has 9 nitrogen and oxygen atoms in total. The van der Waals surface area contributed by atoms with Gasteiger partial charge in [-0.15, -0.1) is 0 Å². The lowest BCUT2D eigenvalue weighted by atomic mass is 10.2. The Morgan fingerprint density at radius 1 is 1.12 bits per heavy atom. The van der Waals surface area contributed by atoms with Gasteiger partial charge < -0.3 is 21.2 Å². The molecule has 0 amide bonds. The summed E-state index contributed by atoms with van der Waals surface area (Å²) in [5.74, 6) is -0.115. The maximum Gasteiger partial charge on any atom is 0.439 e. The molecule has 2 aromatic carbocycles. The zero-order chi connectivity index (χ0) is 17.5. The highest BCUT2D eigenvalue weighted by Gasteiger charge is 2.03. The minimum atomic E-state index is -0.613. The minimum absolute atomic E-state index is 0. The van der Waals surface area contributed by atoms with Crippen molar-refractivity contribution in [3.8, 4) is 22.9 Å². The molecule has 0 spiro atoms. The molecule has 0 fully saturated rings. The summed E-state index contributed by atoms with van der Waals surface area (Å²) in [4.78, 5) is 13.0. The average Bonchev–Trinajstić information content (AvgIpc) is 3.01. The van der Waals surface area contributed by atoms with E-state index in [1.807, 2.05) is 0 Å². The van der Waals surface area contributed by atoms with E-state index in [1.54, 1.807) is 24.3 Å². The van der Waals surface area contributed by atoms with Gasteiger partial charge in [0, 0.05) is 11.1 Å². The number of hydrogen-bond acceptors (Lipinski definition) is 7. The van der Waals surface area contributed by atoms with Gasteiger partial charge in [0.2, 0.25) is 0 Å². The molecule has 0 aliphatic rings. The Morgan fingerprint density at radius 2 is 1.76 bits per heavy atom. The van der Waals surface area contributed by atoms with Crippen molar-refractivity contribution in [1.82, 2.24) is 10.1 Å². The highest BCUT2D eigenvalue weighted by atomic mass is 16.5. The van der Waals surface area contributed by atoms with Crippen LogP contribution in [0.4, 0.5) is 0 Å². The quantitative estimate of drug-likeness (QED) is 0.205. The molecule has 0 unspecified atom stereocenters. The van der Waals surface area contributed by atoms with Crippen LogP contribution >= 0.6 is 0 Å². The van der Waals surface area contributed by atoms with E-state index < -0.39 is 5.76 Å². The zero-order valence-corrected chi connectivity index (χ0v) is 12.2. The molecule has 1 heterocycles. The first-order valence-corrected chi connectivity index (χ1v) is 6.62. The van der Waals surface area contributed by atoms with Gasteiger partial charge in [-0.1, -0.05) is 42.0 Å². The molecule has 0 radical (unpaired) electrons. The first kappa shape index (κ1) is 19.3. The van der Waals surface area contributed by atoms with Gasteiger partial charge in [0.05, 0.1) is 0 Å². The number of aromatic hydroxyl groups is 2. The number of phenols is 2. The molecule has 3 rings (SSSR count). The van der Waals surface area contributed by atoms with Crippen molar-refractivity contribution in [2.45, 2.75) is 7.43 Å². The Morgan fingerprint density at radius 3 is 2.28 bits per heavy atom. The number of amidine groups is 1. The van der Waals surface area contributed by atoms with Crippen LogP contribution in [0.1, 0.15) is 13.0 Å². The average molecular weight is 346 g/mol. The Hall–Kier alpha value is -3.75. The number of H-pyrrole nitrogens is 1. The van der Waals surface area contributed by atoms with E-state index in [0.717, 1.165) is 0 Å². The van der Waals surface area contributed by atoms with Crippen molar-refractivity contribution >= 4 is 5.84 Å². The third-order valence-corrected chi connectivity index (χ3v) is 2.81. The molecular weight excluding hydrogens is 328 g/mol. The van der Waals surface area contributed by atoms with Gasteiger partial charge in [-0.3, -0.25) is 9.51 Å². The Balaban J connectivity index is 0.000000244. The number of nitrogens with one attached hydrogen (secondary N) is 1. The molecule has 0 atom stereocenters. The Kier molecular flexibility index (Phi) is 6.77. The van der Waals surface area contributed by atoms with Crippen molar-refractivity contribution in [2.75, 3.05) is 0 Å². The maximum atomic E-state index is 10.6. The van der Waals surface area contributed by atoms with Crippen LogP contribution in [-0.4, -0.2) is 31.4 Å². The van der Waals surface area contributed by atoms with Crippen LogP contribution in [-0.2, 0) is 0 Å². The summed E-state index contributed by atoms with van der Waals surface area (Å²) in [5, 5.41) is 32.6. The van der Waals surface area contributed by atoms with Crippen molar-refractivity contribution in [2.24, 2.45) is 10.9 Å². The van der Waals surface area contributed by atoms with Crippen LogP contribution in [0, 0.1) is 0 Å². The van der Waals surface area contributed by atoms with Crippen LogP contribution in [0.15, 0.2) is 63.0 Å². The van der Waals surface area contributed by atoms with E-state index in [0.29, 0.717) is 17.0 Å². The first-order chi connectivity index (χ1) is 11.5. The van der Waals surface area contributed by atoms with Crippen LogP contribution in [0.2, 0.25) is 0 Å². The topological polar surface area (TPSA) is 158 Å². The molecule has 9 heteroatoms. The summed E-state index contributed by atoms with van der Waals surface area (Å²) < 4.78 is 4.32. The molecule has 132 valence electrons. The molecule has 0 aliphatic carbocycles. The van der Waals surface area contributed by atoms with Gasteiger partial charge >= 0.3 is 5.76 Å². The summed E-state index contributed by atoms with van der Waals surface area (Å²) in [6.07, 6.45) is 0. The van der Waals surface area contributed by atoms with E-state index in [2.05, 4.69) is 19.8 Å². The standard InChI is InChI=1S/C8H6N2O3.C7H8N2O2.CH4/c11-6-3-1-2-5(4-6)7-9-8(12)13-10-7;8-7(9-11)5-2-1-3-6(10)4-5;/h1-4,11H,(H,9,10,12);1-4,10-11H,(H2,8,9);1H4. The number of aromatic nitrogens is 2. The van der Waals surface area contributed by atoms with Gasteiger partial charge in [-0.05, 0) is 24.3 Å². The van der Waals surface area contributed by atoms with Gasteiger partial charge in [-0.25, -0.2) is 4.79 Å². The summed E-state index contributed by atoms with van der Waals surface area (Å²) >= 11 is 0. The molecule has 25 heavy (non-hydrogen) atoms. The van der Waals surface area contributed by atoms with E-state index in [4.69, 9.17) is 21.2 Å². The lowest BCUT2D eigenvalue weighted by Crippen LogP contribution is -2.12.